The summed E-state index contributed by atoms with van der Waals surface area (Å²) in [5.74, 6) is 0.475. The molecule has 2 aromatic rings. The summed E-state index contributed by atoms with van der Waals surface area (Å²) in [4.78, 5) is 12.1. The highest BCUT2D eigenvalue weighted by Gasteiger charge is 2.17. The number of aromatic nitrogens is 2. The molecule has 1 heterocycles. The van der Waals surface area contributed by atoms with E-state index < -0.39 is 0 Å². The lowest BCUT2D eigenvalue weighted by Gasteiger charge is -2.10. The second kappa shape index (κ2) is 9.24. The lowest BCUT2D eigenvalue weighted by atomic mass is 10.3. The van der Waals surface area contributed by atoms with E-state index in [2.05, 4.69) is 22.4 Å². The summed E-state index contributed by atoms with van der Waals surface area (Å²) in [5, 5.41) is 10.6. The number of carbonyl (C=O) groups excluding carboxylic acids is 1. The van der Waals surface area contributed by atoms with E-state index in [1.807, 2.05) is 0 Å². The molecule has 124 valence electrons. The minimum absolute atomic E-state index is 0.184. The normalized spacial score (nSPS) is 12.1. The Labute approximate surface area is 147 Å². The predicted molar refractivity (Wildman–Crippen MR) is 95.9 cm³/mol. The lowest BCUT2D eigenvalue weighted by molar-refractivity contribution is -0.115. The van der Waals surface area contributed by atoms with Crippen LogP contribution in [0.15, 0.2) is 32.9 Å². The molecular weight excluding hydrogens is 353 g/mol. The fourth-order valence-electron chi connectivity index (χ4n) is 1.62. The molecule has 1 amide bonds. The van der Waals surface area contributed by atoms with E-state index in [0.717, 1.165) is 27.3 Å². The van der Waals surface area contributed by atoms with Crippen molar-refractivity contribution >= 4 is 46.5 Å². The molecule has 1 unspecified atom stereocenters. The van der Waals surface area contributed by atoms with Crippen molar-refractivity contribution < 1.29 is 9.18 Å². The van der Waals surface area contributed by atoms with Gasteiger partial charge in [0.25, 0.3) is 0 Å². The molecule has 0 saturated carbocycles. The minimum Gasteiger partial charge on any atom is -0.325 e. The van der Waals surface area contributed by atoms with E-state index in [9.17, 15) is 9.18 Å². The molecule has 2 rings (SSSR count). The van der Waals surface area contributed by atoms with Crippen molar-refractivity contribution in [3.05, 3.63) is 30.1 Å². The zero-order chi connectivity index (χ0) is 16.7. The number of nitrogens with one attached hydrogen (secondary N) is 1. The van der Waals surface area contributed by atoms with Crippen molar-refractivity contribution in [2.75, 3.05) is 11.1 Å². The van der Waals surface area contributed by atoms with Crippen LogP contribution >= 0.6 is 34.9 Å². The van der Waals surface area contributed by atoms with Gasteiger partial charge in [-0.05, 0) is 31.5 Å². The molecule has 0 aliphatic rings. The van der Waals surface area contributed by atoms with Gasteiger partial charge in [0.1, 0.15) is 5.82 Å². The monoisotopic (exact) mass is 371 g/mol. The summed E-state index contributed by atoms with van der Waals surface area (Å²) >= 11 is 4.56. The fraction of sp³-hybridized carbons (Fsp3) is 0.400. The number of hydrogen-bond acceptors (Lipinski definition) is 6. The number of rotatable bonds is 8. The maximum Gasteiger partial charge on any atom is 0.237 e. The van der Waals surface area contributed by atoms with E-state index in [0.29, 0.717) is 5.69 Å². The molecule has 1 aromatic carbocycles. The zero-order valence-corrected chi connectivity index (χ0v) is 15.4. The van der Waals surface area contributed by atoms with Crippen molar-refractivity contribution in [1.29, 1.82) is 0 Å². The number of unbranched alkanes of at least 4 members (excludes halogenated alkanes) is 1. The Hall–Kier alpha value is -1.12. The highest BCUT2D eigenvalue weighted by atomic mass is 32.2. The SMILES string of the molecule is CCCCSc1nnc(SC(C)C(=O)Nc2cccc(F)c2)s1. The Morgan fingerprint density at radius 2 is 2.17 bits per heavy atom. The molecule has 0 saturated heterocycles. The minimum atomic E-state index is -0.374. The Kier molecular flexibility index (Phi) is 7.32. The molecule has 0 fully saturated rings. The number of amides is 1. The predicted octanol–water partition coefficient (Wildman–Crippen LogP) is 4.69. The van der Waals surface area contributed by atoms with Gasteiger partial charge in [0.2, 0.25) is 5.91 Å². The standard InChI is InChI=1S/C15H18FN3OS3/c1-3-4-8-21-14-18-19-15(23-14)22-10(2)13(20)17-12-7-5-6-11(16)9-12/h5-7,9-10H,3-4,8H2,1-2H3,(H,17,20). The van der Waals surface area contributed by atoms with Crippen LogP contribution < -0.4 is 5.32 Å². The van der Waals surface area contributed by atoms with Crippen LogP contribution in [-0.4, -0.2) is 27.1 Å². The molecule has 4 nitrogen and oxygen atoms in total. The maximum atomic E-state index is 13.1. The van der Waals surface area contributed by atoms with Gasteiger partial charge in [-0.2, -0.15) is 0 Å². The van der Waals surface area contributed by atoms with E-state index in [4.69, 9.17) is 0 Å². The fourth-order valence-corrected chi connectivity index (χ4v) is 4.94. The molecular formula is C15H18FN3OS3. The van der Waals surface area contributed by atoms with Crippen LogP contribution in [0.25, 0.3) is 0 Å². The Bertz CT molecular complexity index is 650. The van der Waals surface area contributed by atoms with Crippen LogP contribution in [0.1, 0.15) is 26.7 Å². The number of anilines is 1. The third-order valence-electron chi connectivity index (χ3n) is 2.85. The first kappa shape index (κ1) is 18.2. The first-order chi connectivity index (χ1) is 11.1. The summed E-state index contributed by atoms with van der Waals surface area (Å²) in [6.45, 7) is 3.95. The largest absolute Gasteiger partial charge is 0.325 e. The summed E-state index contributed by atoms with van der Waals surface area (Å²) in [6, 6.07) is 5.86. The van der Waals surface area contributed by atoms with Gasteiger partial charge in [-0.15, -0.1) is 10.2 Å². The van der Waals surface area contributed by atoms with Crippen molar-refractivity contribution in [3.63, 3.8) is 0 Å². The summed E-state index contributed by atoms with van der Waals surface area (Å²) < 4.78 is 14.8. The van der Waals surface area contributed by atoms with Gasteiger partial charge >= 0.3 is 0 Å². The van der Waals surface area contributed by atoms with Gasteiger partial charge in [-0.25, -0.2) is 4.39 Å². The summed E-state index contributed by atoms with van der Waals surface area (Å²) in [5.41, 5.74) is 0.454. The lowest BCUT2D eigenvalue weighted by Crippen LogP contribution is -2.22. The summed E-state index contributed by atoms with van der Waals surface area (Å²) in [7, 11) is 0. The van der Waals surface area contributed by atoms with Gasteiger partial charge < -0.3 is 5.32 Å². The third kappa shape index (κ3) is 6.12. The molecule has 0 aliphatic heterocycles. The van der Waals surface area contributed by atoms with E-state index in [1.165, 1.54) is 35.2 Å². The Morgan fingerprint density at radius 3 is 2.91 bits per heavy atom. The second-order valence-electron chi connectivity index (χ2n) is 4.80. The highest BCUT2D eigenvalue weighted by molar-refractivity contribution is 8.03. The first-order valence-corrected chi connectivity index (χ1v) is 9.96. The van der Waals surface area contributed by atoms with Crippen LogP contribution in [0.3, 0.4) is 0 Å². The van der Waals surface area contributed by atoms with Crippen molar-refractivity contribution in [2.24, 2.45) is 0 Å². The van der Waals surface area contributed by atoms with Gasteiger partial charge in [-0.1, -0.05) is 54.3 Å². The average molecular weight is 372 g/mol. The van der Waals surface area contributed by atoms with E-state index >= 15 is 0 Å². The van der Waals surface area contributed by atoms with Crippen LogP contribution in [0.4, 0.5) is 10.1 Å². The molecule has 23 heavy (non-hydrogen) atoms. The number of hydrogen-bond donors (Lipinski definition) is 1. The molecule has 1 atom stereocenters. The van der Waals surface area contributed by atoms with Crippen LogP contribution in [-0.2, 0) is 4.79 Å². The quantitative estimate of drug-likeness (QED) is 0.539. The zero-order valence-electron chi connectivity index (χ0n) is 12.9. The van der Waals surface area contributed by atoms with E-state index in [-0.39, 0.29) is 17.0 Å². The Balaban J connectivity index is 1.85. The second-order valence-corrected chi connectivity index (χ2v) is 8.70. The van der Waals surface area contributed by atoms with Crippen molar-refractivity contribution in [1.82, 2.24) is 10.2 Å². The van der Waals surface area contributed by atoms with Crippen LogP contribution in [0.2, 0.25) is 0 Å². The molecule has 0 radical (unpaired) electrons. The number of thioether (sulfide) groups is 2. The molecule has 8 heteroatoms. The molecule has 0 spiro atoms. The van der Waals surface area contributed by atoms with Gasteiger partial charge in [0.15, 0.2) is 8.68 Å². The van der Waals surface area contributed by atoms with Crippen molar-refractivity contribution in [3.8, 4) is 0 Å². The number of halogens is 1. The summed E-state index contributed by atoms with van der Waals surface area (Å²) in [6.07, 6.45) is 2.31. The molecule has 1 aromatic heterocycles. The topological polar surface area (TPSA) is 54.9 Å². The molecule has 1 N–H and O–H groups in total. The highest BCUT2D eigenvalue weighted by Crippen LogP contribution is 2.31. The van der Waals surface area contributed by atoms with E-state index in [1.54, 1.807) is 30.8 Å². The van der Waals surface area contributed by atoms with Crippen molar-refractivity contribution in [2.45, 2.75) is 40.6 Å². The Morgan fingerprint density at radius 1 is 1.39 bits per heavy atom. The molecule has 0 aliphatic carbocycles. The van der Waals surface area contributed by atoms with Crippen LogP contribution in [0.5, 0.6) is 0 Å². The van der Waals surface area contributed by atoms with Crippen LogP contribution in [0, 0.1) is 5.82 Å². The van der Waals surface area contributed by atoms with Gasteiger partial charge in [0, 0.05) is 11.4 Å². The number of carbonyl (C=O) groups is 1. The first-order valence-electron chi connectivity index (χ1n) is 7.28. The molecule has 0 bridgehead atoms. The number of nitrogens with zero attached hydrogens (tertiary/aromatic N) is 2. The van der Waals surface area contributed by atoms with Gasteiger partial charge in [0.05, 0.1) is 5.25 Å². The smallest absolute Gasteiger partial charge is 0.237 e. The maximum absolute atomic E-state index is 13.1. The average Bonchev–Trinajstić information content (AvgIpc) is 2.95. The number of benzene rings is 1. The third-order valence-corrected chi connectivity index (χ3v) is 6.18. The van der Waals surface area contributed by atoms with Gasteiger partial charge in [-0.3, -0.25) is 4.79 Å².